The van der Waals surface area contributed by atoms with Crippen LogP contribution in [0.2, 0.25) is 0 Å². The molecule has 0 atom stereocenters. The largest absolute Gasteiger partial charge is 0.452 e. The van der Waals surface area contributed by atoms with Crippen LogP contribution in [0.15, 0.2) is 59.2 Å². The molecule has 124 valence electrons. The number of aryl methyl sites for hydroxylation is 1. The van der Waals surface area contributed by atoms with Crippen LogP contribution in [0.1, 0.15) is 12.5 Å². The van der Waals surface area contributed by atoms with Gasteiger partial charge in [-0.05, 0) is 13.8 Å². The Morgan fingerprint density at radius 3 is 2.71 bits per heavy atom. The molecule has 0 spiro atoms. The number of esters is 1. The summed E-state index contributed by atoms with van der Waals surface area (Å²) in [4.78, 5) is 23.1. The standard InChI is InChI=1S/C18H18N2O4/c1-3-4-5-6-18(22)23-12-16(21)19-17-11-15(20-24-17)14-9-7-13(2)8-10-14/h3-11H,12H2,1-2H3,(H,19,21)/b4-3+,6-5+. The van der Waals surface area contributed by atoms with E-state index in [0.717, 1.165) is 11.1 Å². The maximum Gasteiger partial charge on any atom is 0.331 e. The summed E-state index contributed by atoms with van der Waals surface area (Å²) in [6, 6.07) is 9.36. The minimum atomic E-state index is -0.596. The van der Waals surface area contributed by atoms with E-state index in [0.29, 0.717) is 5.69 Å². The quantitative estimate of drug-likeness (QED) is 0.500. The predicted octanol–water partition coefficient (Wildman–Crippen LogP) is 3.26. The Kier molecular flexibility index (Phi) is 6.08. The first-order valence-corrected chi connectivity index (χ1v) is 7.38. The highest BCUT2D eigenvalue weighted by atomic mass is 16.5. The second-order valence-electron chi connectivity index (χ2n) is 4.98. The number of rotatable bonds is 6. The summed E-state index contributed by atoms with van der Waals surface area (Å²) in [5, 5.41) is 6.38. The van der Waals surface area contributed by atoms with Gasteiger partial charge in [0.05, 0.1) is 0 Å². The molecule has 2 aromatic rings. The van der Waals surface area contributed by atoms with Crippen molar-refractivity contribution in [3.63, 3.8) is 0 Å². The Morgan fingerprint density at radius 1 is 1.25 bits per heavy atom. The van der Waals surface area contributed by atoms with E-state index in [-0.39, 0.29) is 5.88 Å². The Morgan fingerprint density at radius 2 is 2.00 bits per heavy atom. The molecule has 1 aromatic carbocycles. The number of amides is 1. The molecular formula is C18H18N2O4. The fourth-order valence-electron chi connectivity index (χ4n) is 1.80. The number of anilines is 1. The number of nitrogens with zero attached hydrogens (tertiary/aromatic N) is 1. The van der Waals surface area contributed by atoms with Crippen molar-refractivity contribution in [2.24, 2.45) is 0 Å². The van der Waals surface area contributed by atoms with Crippen molar-refractivity contribution in [1.82, 2.24) is 5.16 Å². The molecule has 1 N–H and O–H groups in total. The first-order valence-electron chi connectivity index (χ1n) is 7.38. The van der Waals surface area contributed by atoms with Gasteiger partial charge in [-0.1, -0.05) is 53.2 Å². The van der Waals surface area contributed by atoms with Gasteiger partial charge in [0.2, 0.25) is 5.88 Å². The number of nitrogens with one attached hydrogen (secondary N) is 1. The molecule has 0 unspecified atom stereocenters. The topological polar surface area (TPSA) is 81.4 Å². The van der Waals surface area contributed by atoms with Gasteiger partial charge >= 0.3 is 5.97 Å². The maximum atomic E-state index is 11.7. The van der Waals surface area contributed by atoms with Crippen molar-refractivity contribution in [2.45, 2.75) is 13.8 Å². The lowest BCUT2D eigenvalue weighted by Gasteiger charge is -2.01. The van der Waals surface area contributed by atoms with Crippen LogP contribution >= 0.6 is 0 Å². The van der Waals surface area contributed by atoms with Gasteiger partial charge in [0, 0.05) is 17.7 Å². The molecule has 1 heterocycles. The van der Waals surface area contributed by atoms with E-state index >= 15 is 0 Å². The molecule has 0 aliphatic rings. The van der Waals surface area contributed by atoms with E-state index in [2.05, 4.69) is 10.5 Å². The van der Waals surface area contributed by atoms with Crippen LogP contribution < -0.4 is 5.32 Å². The highest BCUT2D eigenvalue weighted by molar-refractivity contribution is 5.93. The summed E-state index contributed by atoms with van der Waals surface area (Å²) >= 11 is 0. The molecule has 0 bridgehead atoms. The molecule has 1 aromatic heterocycles. The van der Waals surface area contributed by atoms with Crippen molar-refractivity contribution in [3.05, 3.63) is 60.2 Å². The van der Waals surface area contributed by atoms with Gasteiger partial charge < -0.3 is 9.26 Å². The number of allylic oxidation sites excluding steroid dienone is 3. The van der Waals surface area contributed by atoms with Crippen molar-refractivity contribution in [3.8, 4) is 11.3 Å². The number of aromatic nitrogens is 1. The van der Waals surface area contributed by atoms with Crippen molar-refractivity contribution < 1.29 is 18.8 Å². The zero-order valence-corrected chi connectivity index (χ0v) is 13.5. The number of hydrogen-bond donors (Lipinski definition) is 1. The normalized spacial score (nSPS) is 11.1. The molecule has 0 fully saturated rings. The summed E-state index contributed by atoms with van der Waals surface area (Å²) in [5.74, 6) is -0.911. The molecule has 0 aliphatic heterocycles. The van der Waals surface area contributed by atoms with Gasteiger partial charge in [-0.25, -0.2) is 4.79 Å². The van der Waals surface area contributed by atoms with Gasteiger partial charge in [0.25, 0.3) is 5.91 Å². The van der Waals surface area contributed by atoms with Gasteiger partial charge in [-0.15, -0.1) is 0 Å². The minimum Gasteiger partial charge on any atom is -0.452 e. The van der Waals surface area contributed by atoms with Crippen LogP contribution in [-0.4, -0.2) is 23.6 Å². The summed E-state index contributed by atoms with van der Waals surface area (Å²) in [5.41, 5.74) is 2.63. The lowest BCUT2D eigenvalue weighted by Crippen LogP contribution is -2.19. The Bertz CT molecular complexity index is 758. The van der Waals surface area contributed by atoms with Crippen LogP contribution in [0, 0.1) is 6.92 Å². The monoisotopic (exact) mass is 326 g/mol. The first-order chi connectivity index (χ1) is 11.6. The highest BCUT2D eigenvalue weighted by Crippen LogP contribution is 2.21. The fourth-order valence-corrected chi connectivity index (χ4v) is 1.80. The van der Waals surface area contributed by atoms with Crippen molar-refractivity contribution >= 4 is 17.8 Å². The molecule has 6 heteroatoms. The number of hydrogen-bond acceptors (Lipinski definition) is 5. The number of carbonyl (C=O) groups excluding carboxylic acids is 2. The maximum absolute atomic E-state index is 11.7. The molecule has 24 heavy (non-hydrogen) atoms. The van der Waals surface area contributed by atoms with Crippen LogP contribution in [0.3, 0.4) is 0 Å². The molecular weight excluding hydrogens is 308 g/mol. The van der Waals surface area contributed by atoms with Gasteiger partial charge in [0.1, 0.15) is 5.69 Å². The highest BCUT2D eigenvalue weighted by Gasteiger charge is 2.11. The van der Waals surface area contributed by atoms with Crippen LogP contribution in [0.4, 0.5) is 5.88 Å². The van der Waals surface area contributed by atoms with E-state index in [1.165, 1.54) is 12.2 Å². The Labute approximate surface area is 139 Å². The first kappa shape index (κ1) is 17.2. The van der Waals surface area contributed by atoms with E-state index in [1.54, 1.807) is 18.2 Å². The Hall–Kier alpha value is -3.15. The molecule has 0 saturated heterocycles. The number of carbonyl (C=O) groups is 2. The lowest BCUT2D eigenvalue weighted by molar-refractivity contribution is -0.142. The molecule has 2 rings (SSSR count). The van der Waals surface area contributed by atoms with Crippen LogP contribution in [0.25, 0.3) is 11.3 Å². The van der Waals surface area contributed by atoms with E-state index in [1.807, 2.05) is 38.1 Å². The molecule has 0 saturated carbocycles. The zero-order valence-electron chi connectivity index (χ0n) is 13.5. The zero-order chi connectivity index (χ0) is 17.4. The Balaban J connectivity index is 1.86. The number of ether oxygens (including phenoxy) is 1. The van der Waals surface area contributed by atoms with Gasteiger partial charge in [-0.2, -0.15) is 0 Å². The van der Waals surface area contributed by atoms with Crippen LogP contribution in [-0.2, 0) is 14.3 Å². The molecule has 1 amide bonds. The summed E-state index contributed by atoms with van der Waals surface area (Å²) in [6.45, 7) is 3.41. The van der Waals surface area contributed by atoms with Gasteiger partial charge in [-0.3, -0.25) is 10.1 Å². The molecule has 0 radical (unpaired) electrons. The smallest absolute Gasteiger partial charge is 0.331 e. The third-order valence-corrected chi connectivity index (χ3v) is 3.00. The average Bonchev–Trinajstić information content (AvgIpc) is 3.02. The summed E-state index contributed by atoms with van der Waals surface area (Å²) in [6.07, 6.45) is 6.22. The minimum absolute atomic E-state index is 0.191. The summed E-state index contributed by atoms with van der Waals surface area (Å²) < 4.78 is 9.85. The van der Waals surface area contributed by atoms with Crippen LogP contribution in [0.5, 0.6) is 0 Å². The van der Waals surface area contributed by atoms with E-state index in [4.69, 9.17) is 9.26 Å². The summed E-state index contributed by atoms with van der Waals surface area (Å²) in [7, 11) is 0. The SMILES string of the molecule is C/C=C/C=C/C(=O)OCC(=O)Nc1cc(-c2ccc(C)cc2)no1. The van der Waals surface area contributed by atoms with Crippen molar-refractivity contribution in [2.75, 3.05) is 11.9 Å². The fraction of sp³-hybridized carbons (Fsp3) is 0.167. The second-order valence-corrected chi connectivity index (χ2v) is 4.98. The van der Waals surface area contributed by atoms with Crippen molar-refractivity contribution in [1.29, 1.82) is 0 Å². The van der Waals surface area contributed by atoms with E-state index < -0.39 is 18.5 Å². The second kappa shape index (κ2) is 8.47. The predicted molar refractivity (Wildman–Crippen MR) is 90.2 cm³/mol. The van der Waals surface area contributed by atoms with E-state index in [9.17, 15) is 9.59 Å². The third-order valence-electron chi connectivity index (χ3n) is 3.00. The van der Waals surface area contributed by atoms with Gasteiger partial charge in [0.15, 0.2) is 6.61 Å². The molecule has 0 aliphatic carbocycles. The number of benzene rings is 1. The average molecular weight is 326 g/mol. The third kappa shape index (κ3) is 5.24. The molecule has 6 nitrogen and oxygen atoms in total. The lowest BCUT2D eigenvalue weighted by atomic mass is 10.1.